The van der Waals surface area contributed by atoms with Crippen LogP contribution >= 0.6 is 23.2 Å². The van der Waals surface area contributed by atoms with Crippen LogP contribution in [0.1, 0.15) is 45.2 Å². The minimum atomic E-state index is -3.88. The third kappa shape index (κ3) is 11.5. The molecule has 0 radical (unpaired) electrons. The zero-order valence-corrected chi connectivity index (χ0v) is 36.4. The summed E-state index contributed by atoms with van der Waals surface area (Å²) in [4.78, 5) is 14.7. The summed E-state index contributed by atoms with van der Waals surface area (Å²) in [5.41, 5.74) is 4.66. The third-order valence-electron chi connectivity index (χ3n) is 9.92. The van der Waals surface area contributed by atoms with Gasteiger partial charge < -0.3 is 9.47 Å². The number of benzene rings is 6. The monoisotopic (exact) mass is 884 g/mol. The number of hydrogen-bond acceptors (Lipinski definition) is 7. The number of anilines is 2. The van der Waals surface area contributed by atoms with E-state index in [0.717, 1.165) is 34.8 Å². The van der Waals surface area contributed by atoms with Gasteiger partial charge in [0.05, 0.1) is 48.8 Å². The SMILES string of the molecule is CS(=O)(=O)N(Cc1ccccc1)c1cc(C(CCl)C(=O)C(CCl)c2ccc(OCc3ccccc3)c(N(Cc3ccccc3)S(C)(=O)=O)c2)ccc1OCc1ccccc1. The highest BCUT2D eigenvalue weighted by Crippen LogP contribution is 2.40. The van der Waals surface area contributed by atoms with Gasteiger partial charge in [0.1, 0.15) is 30.5 Å². The van der Waals surface area contributed by atoms with Crippen molar-refractivity contribution in [3.8, 4) is 11.5 Å². The predicted molar refractivity (Wildman–Crippen MR) is 241 cm³/mol. The number of halogens is 2. The van der Waals surface area contributed by atoms with Crippen LogP contribution in [-0.2, 0) is 51.1 Å². The molecule has 0 aliphatic heterocycles. The fourth-order valence-corrected chi connectivity index (χ4v) is 9.20. The first kappa shape index (κ1) is 44.2. The minimum Gasteiger partial charge on any atom is -0.487 e. The lowest BCUT2D eigenvalue weighted by molar-refractivity contribution is -0.121. The molecule has 0 aliphatic rings. The quantitative estimate of drug-likeness (QED) is 0.0703. The van der Waals surface area contributed by atoms with Crippen LogP contribution in [0.3, 0.4) is 0 Å². The van der Waals surface area contributed by atoms with E-state index in [4.69, 9.17) is 32.7 Å². The van der Waals surface area contributed by atoms with Gasteiger partial charge in [-0.1, -0.05) is 133 Å². The summed E-state index contributed by atoms with van der Waals surface area (Å²) in [6, 6.07) is 47.3. The molecule has 6 rings (SSSR count). The van der Waals surface area contributed by atoms with E-state index in [9.17, 15) is 21.6 Å². The molecule has 0 amide bonds. The Morgan fingerprint density at radius 3 is 1.12 bits per heavy atom. The van der Waals surface area contributed by atoms with Crippen molar-refractivity contribution in [2.75, 3.05) is 32.9 Å². The highest BCUT2D eigenvalue weighted by atomic mass is 35.5. The van der Waals surface area contributed by atoms with E-state index in [1.54, 1.807) is 36.4 Å². The van der Waals surface area contributed by atoms with Crippen LogP contribution in [0.5, 0.6) is 11.5 Å². The standard InChI is InChI=1S/C47H46Cl2N2O7S2/c1-59(53,54)50(31-35-15-7-3-8-16-35)43-27-39(23-25-45(43)57-33-37-19-11-5-12-20-37)41(29-48)47(52)42(30-49)40-24-26-46(58-34-38-21-13-6-14-22-38)44(28-40)51(60(2,55)56)32-36-17-9-4-10-18-36/h3-28,41-42H,29-34H2,1-2H3. The van der Waals surface area contributed by atoms with Crippen molar-refractivity contribution in [2.24, 2.45) is 0 Å². The molecule has 0 bridgehead atoms. The van der Waals surface area contributed by atoms with E-state index < -0.39 is 31.9 Å². The summed E-state index contributed by atoms with van der Waals surface area (Å²) in [5.74, 6) is -1.92. The zero-order valence-electron chi connectivity index (χ0n) is 33.2. The summed E-state index contributed by atoms with van der Waals surface area (Å²) in [6.07, 6.45) is 2.25. The number of carbonyl (C=O) groups excluding carboxylic acids is 1. The number of ether oxygens (including phenoxy) is 2. The van der Waals surface area contributed by atoms with Gasteiger partial charge in [0.25, 0.3) is 0 Å². The van der Waals surface area contributed by atoms with E-state index in [2.05, 4.69) is 0 Å². The first-order chi connectivity index (χ1) is 28.9. The van der Waals surface area contributed by atoms with Crippen molar-refractivity contribution in [2.45, 2.75) is 38.1 Å². The average molecular weight is 886 g/mol. The molecule has 13 heteroatoms. The van der Waals surface area contributed by atoms with Gasteiger partial charge in [-0.05, 0) is 57.6 Å². The van der Waals surface area contributed by atoms with Crippen molar-refractivity contribution in [3.05, 3.63) is 191 Å². The number of hydrogen-bond donors (Lipinski definition) is 0. The average Bonchev–Trinajstić information content (AvgIpc) is 3.25. The Morgan fingerprint density at radius 1 is 0.500 bits per heavy atom. The van der Waals surface area contributed by atoms with E-state index in [1.165, 1.54) is 8.61 Å². The lowest BCUT2D eigenvalue weighted by Gasteiger charge is -2.28. The van der Waals surface area contributed by atoms with Crippen LogP contribution in [0.25, 0.3) is 0 Å². The first-order valence-electron chi connectivity index (χ1n) is 19.2. The summed E-state index contributed by atoms with van der Waals surface area (Å²) < 4.78 is 69.1. The lowest BCUT2D eigenvalue weighted by atomic mass is 9.85. The summed E-state index contributed by atoms with van der Waals surface area (Å²) in [6.45, 7) is 0.362. The second-order valence-corrected chi connectivity index (χ2v) is 18.8. The summed E-state index contributed by atoms with van der Waals surface area (Å²) in [7, 11) is -7.76. The Kier molecular flexibility index (Phi) is 15.0. The Bertz CT molecular complexity index is 2390. The predicted octanol–water partition coefficient (Wildman–Crippen LogP) is 9.69. The Labute approximate surface area is 363 Å². The molecule has 0 saturated heterocycles. The van der Waals surface area contributed by atoms with Gasteiger partial charge in [0.15, 0.2) is 0 Å². The molecule has 0 heterocycles. The van der Waals surface area contributed by atoms with Crippen molar-refractivity contribution >= 4 is 60.4 Å². The van der Waals surface area contributed by atoms with Gasteiger partial charge in [-0.3, -0.25) is 13.4 Å². The number of sulfonamides is 2. The second-order valence-electron chi connectivity index (χ2n) is 14.3. The molecule has 0 spiro atoms. The van der Waals surface area contributed by atoms with E-state index >= 15 is 0 Å². The van der Waals surface area contributed by atoms with Crippen molar-refractivity contribution in [1.82, 2.24) is 0 Å². The smallest absolute Gasteiger partial charge is 0.232 e. The van der Waals surface area contributed by atoms with Crippen molar-refractivity contribution in [1.29, 1.82) is 0 Å². The lowest BCUT2D eigenvalue weighted by Crippen LogP contribution is -2.31. The maximum atomic E-state index is 14.7. The Hall–Kier alpha value is -5.33. The minimum absolute atomic E-state index is 0.00982. The molecule has 2 unspecified atom stereocenters. The molecule has 0 fully saturated rings. The maximum Gasteiger partial charge on any atom is 0.232 e. The third-order valence-corrected chi connectivity index (χ3v) is 12.8. The van der Waals surface area contributed by atoms with Gasteiger partial charge in [0.2, 0.25) is 20.0 Å². The molecule has 60 heavy (non-hydrogen) atoms. The summed E-state index contributed by atoms with van der Waals surface area (Å²) >= 11 is 13.3. The topological polar surface area (TPSA) is 110 Å². The second kappa shape index (κ2) is 20.3. The van der Waals surface area contributed by atoms with Crippen LogP contribution in [0.15, 0.2) is 158 Å². The van der Waals surface area contributed by atoms with Crippen LogP contribution < -0.4 is 18.1 Å². The van der Waals surface area contributed by atoms with Crippen LogP contribution in [-0.4, -0.2) is 46.9 Å². The number of rotatable bonds is 20. The van der Waals surface area contributed by atoms with Gasteiger partial charge in [-0.15, -0.1) is 23.2 Å². The largest absolute Gasteiger partial charge is 0.487 e. The van der Waals surface area contributed by atoms with E-state index in [-0.39, 0.29) is 55.2 Å². The van der Waals surface area contributed by atoms with Crippen LogP contribution in [0, 0.1) is 0 Å². The fourth-order valence-electron chi connectivity index (χ4n) is 6.77. The number of ketones is 1. The normalized spacial score (nSPS) is 12.6. The molecule has 0 N–H and O–H groups in total. The first-order valence-corrected chi connectivity index (χ1v) is 23.9. The van der Waals surface area contributed by atoms with E-state index in [1.807, 2.05) is 121 Å². The molecule has 0 saturated carbocycles. The molecule has 0 aromatic heterocycles. The molecule has 0 aliphatic carbocycles. The Morgan fingerprint density at radius 2 is 0.817 bits per heavy atom. The highest BCUT2D eigenvalue weighted by Gasteiger charge is 2.32. The number of carbonyl (C=O) groups is 1. The van der Waals surface area contributed by atoms with Gasteiger partial charge >= 0.3 is 0 Å². The van der Waals surface area contributed by atoms with Crippen LogP contribution in [0.2, 0.25) is 0 Å². The van der Waals surface area contributed by atoms with Gasteiger partial charge in [0, 0.05) is 11.8 Å². The summed E-state index contributed by atoms with van der Waals surface area (Å²) in [5, 5.41) is 0. The molecular formula is C47H46Cl2N2O7S2. The molecule has 6 aromatic rings. The van der Waals surface area contributed by atoms with Crippen molar-refractivity contribution in [3.63, 3.8) is 0 Å². The van der Waals surface area contributed by atoms with Gasteiger partial charge in [-0.25, -0.2) is 16.8 Å². The number of nitrogens with zero attached hydrogens (tertiary/aromatic N) is 2. The van der Waals surface area contributed by atoms with E-state index in [0.29, 0.717) is 22.6 Å². The molecule has 312 valence electrons. The molecule has 6 aromatic carbocycles. The zero-order chi connectivity index (χ0) is 42.7. The Balaban J connectivity index is 1.40. The molecule has 2 atom stereocenters. The molecular weight excluding hydrogens is 840 g/mol. The van der Waals surface area contributed by atoms with Gasteiger partial charge in [-0.2, -0.15) is 0 Å². The van der Waals surface area contributed by atoms with Crippen molar-refractivity contribution < 1.29 is 31.1 Å². The maximum absolute atomic E-state index is 14.7. The fraction of sp³-hybridized carbons (Fsp3) is 0.213. The van der Waals surface area contributed by atoms with Crippen LogP contribution in [0.4, 0.5) is 11.4 Å². The highest BCUT2D eigenvalue weighted by molar-refractivity contribution is 7.92. The number of alkyl halides is 2. The molecule has 9 nitrogen and oxygen atoms in total. The number of Topliss-reactive ketones (excluding diaryl/α,β-unsaturated/α-hetero) is 1.